The summed E-state index contributed by atoms with van der Waals surface area (Å²) in [4.78, 5) is 20.4. The number of carbonyl (C=O) groups is 1. The molecule has 0 unspecified atom stereocenters. The van der Waals surface area contributed by atoms with E-state index in [0.29, 0.717) is 12.2 Å². The smallest absolute Gasteiger partial charge is 0.165 e. The third kappa shape index (κ3) is 4.77. The lowest BCUT2D eigenvalue weighted by molar-refractivity contribution is 0.0943. The molecule has 5 heteroatoms. The molecule has 1 saturated heterocycles. The Kier molecular flexibility index (Phi) is 7.02. The molecular formula is C22H31N3OS. The monoisotopic (exact) mass is 385 g/mol. The SMILES string of the molecule is C/C=C(\C=C/C=N)N1CCN(CCC(=O)c2c(C)sc3c2CCCC3)CC1. The molecule has 1 aliphatic carbocycles. The third-order valence-electron chi connectivity index (χ3n) is 5.68. The van der Waals surface area contributed by atoms with E-state index >= 15 is 0 Å². The van der Waals surface area contributed by atoms with Crippen molar-refractivity contribution in [3.05, 3.63) is 44.8 Å². The minimum Gasteiger partial charge on any atom is -0.369 e. The number of nitrogens with one attached hydrogen (secondary N) is 1. The van der Waals surface area contributed by atoms with E-state index in [9.17, 15) is 4.79 Å². The van der Waals surface area contributed by atoms with Gasteiger partial charge in [0.1, 0.15) is 0 Å². The van der Waals surface area contributed by atoms with Crippen molar-refractivity contribution in [3.8, 4) is 0 Å². The van der Waals surface area contributed by atoms with E-state index in [1.54, 1.807) is 6.08 Å². The van der Waals surface area contributed by atoms with Gasteiger partial charge in [0.25, 0.3) is 0 Å². The van der Waals surface area contributed by atoms with E-state index in [1.807, 2.05) is 24.3 Å². The Bertz CT molecular complexity index is 739. The second kappa shape index (κ2) is 9.47. The molecule has 2 aliphatic rings. The number of carbonyl (C=O) groups excluding carboxylic acids is 1. The highest BCUT2D eigenvalue weighted by Crippen LogP contribution is 2.34. The largest absolute Gasteiger partial charge is 0.369 e. The molecule has 1 aliphatic heterocycles. The van der Waals surface area contributed by atoms with E-state index in [-0.39, 0.29) is 0 Å². The van der Waals surface area contributed by atoms with Crippen LogP contribution in [0.1, 0.15) is 51.9 Å². The summed E-state index contributed by atoms with van der Waals surface area (Å²) < 4.78 is 0. The van der Waals surface area contributed by atoms with Crippen molar-refractivity contribution in [2.75, 3.05) is 32.7 Å². The zero-order chi connectivity index (χ0) is 19.2. The van der Waals surface area contributed by atoms with Crippen molar-refractivity contribution >= 4 is 23.3 Å². The maximum Gasteiger partial charge on any atom is 0.165 e. The number of piperazine rings is 1. The summed E-state index contributed by atoms with van der Waals surface area (Å²) in [5.74, 6) is 0.345. The lowest BCUT2D eigenvalue weighted by Crippen LogP contribution is -2.46. The number of Topliss-reactive ketones (excluding diaryl/α,β-unsaturated/α-hetero) is 1. The maximum absolute atomic E-state index is 12.9. The van der Waals surface area contributed by atoms with E-state index < -0.39 is 0 Å². The van der Waals surface area contributed by atoms with Gasteiger partial charge >= 0.3 is 0 Å². The van der Waals surface area contributed by atoms with Gasteiger partial charge in [-0.3, -0.25) is 9.69 Å². The van der Waals surface area contributed by atoms with Crippen LogP contribution in [0.15, 0.2) is 23.9 Å². The number of allylic oxidation sites excluding steroid dienone is 3. The summed E-state index contributed by atoms with van der Waals surface area (Å²) in [6, 6.07) is 0. The van der Waals surface area contributed by atoms with Gasteiger partial charge in [0.05, 0.1) is 0 Å². The summed E-state index contributed by atoms with van der Waals surface area (Å²) in [5, 5.41) is 7.15. The van der Waals surface area contributed by atoms with Gasteiger partial charge in [-0.05, 0) is 57.2 Å². The van der Waals surface area contributed by atoms with E-state index in [2.05, 4.69) is 22.8 Å². The van der Waals surface area contributed by atoms with Gasteiger partial charge in [0.2, 0.25) is 0 Å². The summed E-state index contributed by atoms with van der Waals surface area (Å²) in [5.41, 5.74) is 3.60. The molecule has 4 nitrogen and oxygen atoms in total. The van der Waals surface area contributed by atoms with Crippen LogP contribution in [0.25, 0.3) is 0 Å². The molecule has 0 bridgehead atoms. The fourth-order valence-electron chi connectivity index (χ4n) is 4.21. The van der Waals surface area contributed by atoms with Gasteiger partial charge in [-0.1, -0.05) is 6.08 Å². The first kappa shape index (κ1) is 20.0. The van der Waals surface area contributed by atoms with Crippen molar-refractivity contribution in [3.63, 3.8) is 0 Å². The highest BCUT2D eigenvalue weighted by Gasteiger charge is 2.24. The topological polar surface area (TPSA) is 47.4 Å². The van der Waals surface area contributed by atoms with Crippen LogP contribution in [0, 0.1) is 12.3 Å². The van der Waals surface area contributed by atoms with E-state index in [0.717, 1.165) is 51.1 Å². The van der Waals surface area contributed by atoms with Crippen LogP contribution < -0.4 is 0 Å². The van der Waals surface area contributed by atoms with Gasteiger partial charge in [0, 0.05) is 66.4 Å². The van der Waals surface area contributed by atoms with E-state index in [1.165, 1.54) is 40.1 Å². The van der Waals surface area contributed by atoms with Crippen LogP contribution in [0.4, 0.5) is 0 Å². The molecule has 3 rings (SSSR count). The number of ketones is 1. The zero-order valence-corrected chi connectivity index (χ0v) is 17.4. The predicted molar refractivity (Wildman–Crippen MR) is 114 cm³/mol. The van der Waals surface area contributed by atoms with Gasteiger partial charge in [-0.2, -0.15) is 0 Å². The number of nitrogens with zero attached hydrogens (tertiary/aromatic N) is 2. The molecule has 0 radical (unpaired) electrons. The first-order valence-electron chi connectivity index (χ1n) is 10.1. The Morgan fingerprint density at radius 2 is 1.93 bits per heavy atom. The molecule has 0 spiro atoms. The third-order valence-corrected chi connectivity index (χ3v) is 6.88. The maximum atomic E-state index is 12.9. The van der Waals surface area contributed by atoms with Gasteiger partial charge in [-0.15, -0.1) is 11.3 Å². The fourth-order valence-corrected chi connectivity index (χ4v) is 5.50. The molecule has 1 fully saturated rings. The van der Waals surface area contributed by atoms with Gasteiger partial charge in [-0.25, -0.2) is 0 Å². The second-order valence-corrected chi connectivity index (χ2v) is 8.69. The van der Waals surface area contributed by atoms with E-state index in [4.69, 9.17) is 5.41 Å². The first-order valence-corrected chi connectivity index (χ1v) is 10.9. The molecule has 1 aromatic rings. The molecule has 0 amide bonds. The molecule has 1 aromatic heterocycles. The predicted octanol–water partition coefficient (Wildman–Crippen LogP) is 4.24. The number of hydrogen-bond acceptors (Lipinski definition) is 5. The minimum atomic E-state index is 0.345. The molecule has 146 valence electrons. The van der Waals surface area contributed by atoms with Crippen molar-refractivity contribution in [2.45, 2.75) is 46.0 Å². The summed E-state index contributed by atoms with van der Waals surface area (Å²) in [7, 11) is 0. The molecule has 0 aromatic carbocycles. The van der Waals surface area contributed by atoms with Crippen LogP contribution >= 0.6 is 11.3 Å². The van der Waals surface area contributed by atoms with Crippen molar-refractivity contribution in [2.24, 2.45) is 0 Å². The minimum absolute atomic E-state index is 0.345. The van der Waals surface area contributed by atoms with Gasteiger partial charge < -0.3 is 10.3 Å². The van der Waals surface area contributed by atoms with Crippen LogP contribution in [0.2, 0.25) is 0 Å². The number of hydrogen-bond donors (Lipinski definition) is 1. The first-order chi connectivity index (χ1) is 13.1. The molecule has 27 heavy (non-hydrogen) atoms. The molecule has 1 N–H and O–H groups in total. The zero-order valence-electron chi connectivity index (χ0n) is 16.6. The highest BCUT2D eigenvalue weighted by atomic mass is 32.1. The number of rotatable bonds is 7. The van der Waals surface area contributed by atoms with Gasteiger partial charge in [0.15, 0.2) is 5.78 Å². The van der Waals surface area contributed by atoms with Crippen molar-refractivity contribution in [1.29, 1.82) is 5.41 Å². The Morgan fingerprint density at radius 3 is 2.63 bits per heavy atom. The van der Waals surface area contributed by atoms with Crippen LogP contribution in [-0.2, 0) is 12.8 Å². The average Bonchev–Trinajstić information content (AvgIpc) is 3.03. The average molecular weight is 386 g/mol. The highest BCUT2D eigenvalue weighted by molar-refractivity contribution is 7.12. The standard InChI is InChI=1S/C22H31N3OS/c1-3-18(7-6-11-23)25-15-13-24(14-16-25)12-10-20(26)22-17(2)27-21-9-5-4-8-19(21)22/h3,6-7,11,23H,4-5,8-10,12-16H2,1-2H3/b7-6-,18-3+,23-11?. The molecular weight excluding hydrogens is 354 g/mol. The van der Waals surface area contributed by atoms with Crippen molar-refractivity contribution in [1.82, 2.24) is 9.80 Å². The second-order valence-electron chi connectivity index (χ2n) is 7.38. The Morgan fingerprint density at radius 1 is 1.19 bits per heavy atom. The van der Waals surface area contributed by atoms with Crippen molar-refractivity contribution < 1.29 is 4.79 Å². The molecule has 0 saturated carbocycles. The lowest BCUT2D eigenvalue weighted by Gasteiger charge is -2.36. The number of fused-ring (bicyclic) bond motifs is 1. The Labute approximate surface area is 167 Å². The summed E-state index contributed by atoms with van der Waals surface area (Å²) in [6.07, 6.45) is 12.6. The quantitative estimate of drug-likeness (QED) is 0.434. The Hall–Kier alpha value is -1.72. The lowest BCUT2D eigenvalue weighted by atomic mass is 9.92. The normalized spacial score (nSPS) is 18.7. The molecule has 2 heterocycles. The fraction of sp³-hybridized carbons (Fsp3) is 0.545. The number of thiophene rings is 1. The molecule has 0 atom stereocenters. The summed E-state index contributed by atoms with van der Waals surface area (Å²) >= 11 is 1.85. The van der Waals surface area contributed by atoms with Crippen LogP contribution in [-0.4, -0.2) is 54.5 Å². The number of aryl methyl sites for hydroxylation is 2. The van der Waals surface area contributed by atoms with Crippen LogP contribution in [0.3, 0.4) is 0 Å². The Balaban J connectivity index is 1.52. The summed E-state index contributed by atoms with van der Waals surface area (Å²) in [6.45, 7) is 8.95. The van der Waals surface area contributed by atoms with Crippen LogP contribution in [0.5, 0.6) is 0 Å².